The zero-order chi connectivity index (χ0) is 13.3. The van der Waals surface area contributed by atoms with Gasteiger partial charge in [0.2, 0.25) is 5.95 Å². The molecular weight excluding hydrogens is 278 g/mol. The number of rotatable bonds is 2. The Morgan fingerprint density at radius 2 is 1.89 bits per heavy atom. The highest BCUT2D eigenvalue weighted by Crippen LogP contribution is 2.35. The van der Waals surface area contributed by atoms with E-state index in [0.29, 0.717) is 21.2 Å². The Kier molecular flexibility index (Phi) is 3.54. The average molecular weight is 287 g/mol. The first kappa shape index (κ1) is 12.9. The third-order valence-corrected chi connectivity index (χ3v) is 2.90. The van der Waals surface area contributed by atoms with Crippen LogP contribution >= 0.6 is 23.2 Å². The number of benzene rings is 1. The number of nitrogen functional groups attached to an aromatic ring is 2. The number of anilines is 2. The lowest BCUT2D eigenvalue weighted by atomic mass is 10.0. The van der Waals surface area contributed by atoms with E-state index in [4.69, 9.17) is 34.7 Å². The third kappa shape index (κ3) is 2.32. The fourth-order valence-corrected chi connectivity index (χ4v) is 2.13. The van der Waals surface area contributed by atoms with Gasteiger partial charge in [-0.2, -0.15) is 4.98 Å². The van der Waals surface area contributed by atoms with Crippen molar-refractivity contribution >= 4 is 35.0 Å². The van der Waals surface area contributed by atoms with Gasteiger partial charge in [0, 0.05) is 16.1 Å². The summed E-state index contributed by atoms with van der Waals surface area (Å²) in [6.07, 6.45) is 0. The number of nitrogens with two attached hydrogens (primary N) is 2. The molecule has 2 rings (SSSR count). The van der Waals surface area contributed by atoms with Crippen molar-refractivity contribution in [3.8, 4) is 11.1 Å². The second-order valence-corrected chi connectivity index (χ2v) is 4.39. The maximum atomic E-state index is 13.0. The van der Waals surface area contributed by atoms with Crippen LogP contribution in [-0.2, 0) is 6.67 Å². The summed E-state index contributed by atoms with van der Waals surface area (Å²) in [5.74, 6) is 0.00774. The fourth-order valence-electron chi connectivity index (χ4n) is 1.63. The molecule has 0 atom stereocenters. The van der Waals surface area contributed by atoms with E-state index in [2.05, 4.69) is 9.97 Å². The van der Waals surface area contributed by atoms with E-state index in [1.165, 1.54) is 6.07 Å². The lowest BCUT2D eigenvalue weighted by molar-refractivity contribution is 0.477. The third-order valence-electron chi connectivity index (χ3n) is 2.36. The number of nitrogens with zero attached hydrogens (tertiary/aromatic N) is 2. The second-order valence-electron chi connectivity index (χ2n) is 3.55. The number of alkyl halides is 1. The predicted molar refractivity (Wildman–Crippen MR) is 71.1 cm³/mol. The molecule has 0 radical (unpaired) electrons. The lowest BCUT2D eigenvalue weighted by Crippen LogP contribution is -2.06. The molecule has 7 heteroatoms. The molecule has 1 aromatic heterocycles. The van der Waals surface area contributed by atoms with E-state index in [-0.39, 0.29) is 17.5 Å². The quantitative estimate of drug-likeness (QED) is 0.889. The summed E-state index contributed by atoms with van der Waals surface area (Å²) in [5, 5.41) is 0.817. The molecule has 2 aromatic rings. The summed E-state index contributed by atoms with van der Waals surface area (Å²) in [6.45, 7) is -0.814. The first-order valence-electron chi connectivity index (χ1n) is 4.96. The van der Waals surface area contributed by atoms with Gasteiger partial charge in [0.05, 0.1) is 10.7 Å². The van der Waals surface area contributed by atoms with Crippen molar-refractivity contribution in [3.63, 3.8) is 0 Å². The van der Waals surface area contributed by atoms with Crippen molar-refractivity contribution in [2.75, 3.05) is 11.5 Å². The van der Waals surface area contributed by atoms with Crippen molar-refractivity contribution in [1.29, 1.82) is 0 Å². The van der Waals surface area contributed by atoms with Crippen LogP contribution in [0.3, 0.4) is 0 Å². The van der Waals surface area contributed by atoms with Gasteiger partial charge in [-0.05, 0) is 12.1 Å². The molecule has 4 N–H and O–H groups in total. The van der Waals surface area contributed by atoms with Gasteiger partial charge in [0.1, 0.15) is 12.5 Å². The Bertz CT molecular complexity index is 604. The molecule has 0 spiro atoms. The van der Waals surface area contributed by atoms with E-state index in [0.717, 1.165) is 0 Å². The van der Waals surface area contributed by atoms with Gasteiger partial charge in [0.15, 0.2) is 0 Å². The summed E-state index contributed by atoms with van der Waals surface area (Å²) in [7, 11) is 0. The van der Waals surface area contributed by atoms with Gasteiger partial charge in [-0.15, -0.1) is 0 Å². The first-order valence-corrected chi connectivity index (χ1v) is 5.71. The standard InChI is InChI=1S/C11H9Cl2FN4/c12-5-1-2-6(7(13)3-5)9-8(4-14)17-11(16)18-10(9)15/h1-3H,4H2,(H4,15,16,17,18). The molecule has 0 amide bonds. The molecule has 0 bridgehead atoms. The monoisotopic (exact) mass is 286 g/mol. The van der Waals surface area contributed by atoms with E-state index >= 15 is 0 Å². The molecule has 0 fully saturated rings. The van der Waals surface area contributed by atoms with Crippen molar-refractivity contribution in [2.24, 2.45) is 0 Å². The van der Waals surface area contributed by atoms with Crippen LogP contribution in [0.4, 0.5) is 16.2 Å². The summed E-state index contributed by atoms with van der Waals surface area (Å²) in [4.78, 5) is 7.62. The SMILES string of the molecule is Nc1nc(N)c(-c2ccc(Cl)cc2Cl)c(CF)n1. The Morgan fingerprint density at radius 1 is 1.17 bits per heavy atom. The molecule has 0 unspecified atom stereocenters. The van der Waals surface area contributed by atoms with Crippen molar-refractivity contribution in [2.45, 2.75) is 6.67 Å². The summed E-state index contributed by atoms with van der Waals surface area (Å²) in [6, 6.07) is 4.80. The van der Waals surface area contributed by atoms with Crippen LogP contribution in [0.1, 0.15) is 5.69 Å². The number of hydrogen-bond acceptors (Lipinski definition) is 4. The van der Waals surface area contributed by atoms with Crippen LogP contribution in [0.15, 0.2) is 18.2 Å². The largest absolute Gasteiger partial charge is 0.383 e. The normalized spacial score (nSPS) is 10.6. The van der Waals surface area contributed by atoms with Crippen LogP contribution in [0.5, 0.6) is 0 Å². The zero-order valence-electron chi connectivity index (χ0n) is 9.12. The molecule has 0 saturated heterocycles. The Labute approximate surface area is 113 Å². The molecule has 0 saturated carbocycles. The van der Waals surface area contributed by atoms with Crippen molar-refractivity contribution < 1.29 is 4.39 Å². The predicted octanol–water partition coefficient (Wildman–Crippen LogP) is 3.08. The number of aromatic nitrogens is 2. The van der Waals surface area contributed by atoms with Crippen molar-refractivity contribution in [1.82, 2.24) is 9.97 Å². The van der Waals surface area contributed by atoms with Gasteiger partial charge < -0.3 is 11.5 Å². The Morgan fingerprint density at radius 3 is 2.50 bits per heavy atom. The van der Waals surface area contributed by atoms with E-state index < -0.39 is 6.67 Å². The average Bonchev–Trinajstić information content (AvgIpc) is 2.29. The molecule has 0 aliphatic carbocycles. The Balaban J connectivity index is 2.70. The van der Waals surface area contributed by atoms with Crippen LogP contribution in [0, 0.1) is 0 Å². The fraction of sp³-hybridized carbons (Fsp3) is 0.0909. The smallest absolute Gasteiger partial charge is 0.222 e. The molecule has 0 aliphatic rings. The zero-order valence-corrected chi connectivity index (χ0v) is 10.6. The van der Waals surface area contributed by atoms with Gasteiger partial charge >= 0.3 is 0 Å². The van der Waals surface area contributed by atoms with Crippen LogP contribution in [0.25, 0.3) is 11.1 Å². The minimum Gasteiger partial charge on any atom is -0.383 e. The second kappa shape index (κ2) is 4.96. The van der Waals surface area contributed by atoms with E-state index in [1.54, 1.807) is 12.1 Å². The Hall–Kier alpha value is -1.59. The van der Waals surface area contributed by atoms with Crippen LogP contribution in [0.2, 0.25) is 10.0 Å². The molecular formula is C11H9Cl2FN4. The number of halogens is 3. The molecule has 94 valence electrons. The lowest BCUT2D eigenvalue weighted by Gasteiger charge is -2.11. The maximum Gasteiger partial charge on any atom is 0.222 e. The van der Waals surface area contributed by atoms with E-state index in [1.807, 2.05) is 0 Å². The van der Waals surface area contributed by atoms with Crippen LogP contribution < -0.4 is 11.5 Å². The molecule has 18 heavy (non-hydrogen) atoms. The van der Waals surface area contributed by atoms with Gasteiger partial charge in [0.25, 0.3) is 0 Å². The number of hydrogen-bond donors (Lipinski definition) is 2. The summed E-state index contributed by atoms with van der Waals surface area (Å²) < 4.78 is 13.0. The van der Waals surface area contributed by atoms with Crippen LogP contribution in [-0.4, -0.2) is 9.97 Å². The highest BCUT2D eigenvalue weighted by molar-refractivity contribution is 6.36. The van der Waals surface area contributed by atoms with E-state index in [9.17, 15) is 4.39 Å². The highest BCUT2D eigenvalue weighted by Gasteiger charge is 2.16. The summed E-state index contributed by atoms with van der Waals surface area (Å²) in [5.41, 5.74) is 12.1. The van der Waals surface area contributed by atoms with Crippen molar-refractivity contribution in [3.05, 3.63) is 33.9 Å². The first-order chi connectivity index (χ1) is 8.52. The van der Waals surface area contributed by atoms with Gasteiger partial charge in [-0.25, -0.2) is 9.37 Å². The highest BCUT2D eigenvalue weighted by atomic mass is 35.5. The topological polar surface area (TPSA) is 77.8 Å². The molecule has 1 heterocycles. The minimum absolute atomic E-state index is 0.0750. The molecule has 4 nitrogen and oxygen atoms in total. The molecule has 0 aliphatic heterocycles. The molecule has 1 aromatic carbocycles. The minimum atomic E-state index is -0.814. The summed E-state index contributed by atoms with van der Waals surface area (Å²) >= 11 is 11.9. The van der Waals surface area contributed by atoms with Gasteiger partial charge in [-0.3, -0.25) is 0 Å². The van der Waals surface area contributed by atoms with Gasteiger partial charge in [-0.1, -0.05) is 29.3 Å². The maximum absolute atomic E-state index is 13.0.